The van der Waals surface area contributed by atoms with E-state index in [0.29, 0.717) is 24.3 Å². The number of fused-ring (bicyclic) bond motifs is 1. The quantitative estimate of drug-likeness (QED) is 0.271. The van der Waals surface area contributed by atoms with Crippen molar-refractivity contribution in [3.63, 3.8) is 0 Å². The summed E-state index contributed by atoms with van der Waals surface area (Å²) in [6.07, 6.45) is 1.58. The van der Waals surface area contributed by atoms with Crippen LogP contribution in [-0.2, 0) is 24.4 Å². The number of esters is 1. The summed E-state index contributed by atoms with van der Waals surface area (Å²) in [5.74, 6) is 0.0937. The smallest absolute Gasteiger partial charge is 0.343 e. The fraction of sp³-hybridized carbons (Fsp3) is 0.267. The molecule has 1 aromatic heterocycles. The van der Waals surface area contributed by atoms with E-state index >= 15 is 0 Å². The van der Waals surface area contributed by atoms with Crippen LogP contribution >= 0.6 is 0 Å². The molecule has 1 heterocycles. The Hall–Kier alpha value is -3.90. The van der Waals surface area contributed by atoms with Crippen molar-refractivity contribution in [2.75, 3.05) is 19.8 Å². The second-order valence-corrected chi connectivity index (χ2v) is 8.59. The molecule has 0 aliphatic heterocycles. The number of carbonyl (C=O) groups is 1. The maximum absolute atomic E-state index is 12.9. The lowest BCUT2D eigenvalue weighted by molar-refractivity contribution is 0.0524. The lowest BCUT2D eigenvalue weighted by atomic mass is 10.1. The number of hydrogen-bond acceptors (Lipinski definition) is 5. The Balaban J connectivity index is 1.50. The van der Waals surface area contributed by atoms with Gasteiger partial charge in [0.1, 0.15) is 17.9 Å². The molecule has 6 nitrogen and oxygen atoms in total. The van der Waals surface area contributed by atoms with Crippen molar-refractivity contribution in [2.24, 2.45) is 0 Å². The fourth-order valence-electron chi connectivity index (χ4n) is 4.27. The van der Waals surface area contributed by atoms with Gasteiger partial charge in [0.25, 0.3) is 0 Å². The first-order valence-electron chi connectivity index (χ1n) is 12.4. The molecule has 0 unspecified atom stereocenters. The molecule has 0 aliphatic carbocycles. The number of pyridine rings is 1. The summed E-state index contributed by atoms with van der Waals surface area (Å²) in [7, 11) is 0. The summed E-state index contributed by atoms with van der Waals surface area (Å²) in [6, 6.07) is 26.2. The van der Waals surface area contributed by atoms with E-state index in [9.17, 15) is 9.59 Å². The van der Waals surface area contributed by atoms with Gasteiger partial charge in [0.05, 0.1) is 12.1 Å². The zero-order valence-electron chi connectivity index (χ0n) is 20.9. The minimum absolute atomic E-state index is 0.0531. The van der Waals surface area contributed by atoms with Gasteiger partial charge in [-0.1, -0.05) is 60.7 Å². The number of benzene rings is 3. The highest BCUT2D eigenvalue weighted by Crippen LogP contribution is 2.20. The lowest BCUT2D eigenvalue weighted by Gasteiger charge is -2.23. The van der Waals surface area contributed by atoms with Crippen molar-refractivity contribution in [3.8, 4) is 5.75 Å². The third-order valence-electron chi connectivity index (χ3n) is 6.06. The van der Waals surface area contributed by atoms with Crippen LogP contribution in [0.4, 0.5) is 0 Å². The zero-order chi connectivity index (χ0) is 25.3. The third kappa shape index (κ3) is 6.20. The van der Waals surface area contributed by atoms with Crippen LogP contribution in [0.15, 0.2) is 89.9 Å². The van der Waals surface area contributed by atoms with Crippen molar-refractivity contribution in [1.82, 2.24) is 9.47 Å². The van der Waals surface area contributed by atoms with E-state index in [1.165, 1.54) is 11.1 Å². The molecule has 4 rings (SSSR count). The standard InChI is InChI=1S/C30H32N2O4/c1-3-32-22-27(30(34)35-4-2)29(33)26-16-15-25(19-28(26)32)36-18-17-31(20-23-11-7-5-8-12-23)21-24-13-9-6-10-14-24/h5-16,19,22H,3-4,17-18,20-21H2,1-2H3. The predicted molar refractivity (Wildman–Crippen MR) is 142 cm³/mol. The van der Waals surface area contributed by atoms with E-state index in [4.69, 9.17) is 9.47 Å². The van der Waals surface area contributed by atoms with Crippen LogP contribution in [0.25, 0.3) is 10.9 Å². The molecule has 36 heavy (non-hydrogen) atoms. The van der Waals surface area contributed by atoms with E-state index in [1.54, 1.807) is 25.3 Å². The van der Waals surface area contributed by atoms with Crippen LogP contribution in [0.3, 0.4) is 0 Å². The Morgan fingerprint density at radius 1 is 0.889 bits per heavy atom. The number of aryl methyl sites for hydroxylation is 1. The molecule has 0 bridgehead atoms. The fourth-order valence-corrected chi connectivity index (χ4v) is 4.27. The van der Waals surface area contributed by atoms with Gasteiger partial charge in [-0.25, -0.2) is 4.79 Å². The summed E-state index contributed by atoms with van der Waals surface area (Å²) in [5.41, 5.74) is 2.97. The first kappa shape index (κ1) is 25.2. The van der Waals surface area contributed by atoms with Gasteiger partial charge in [0.2, 0.25) is 5.43 Å². The number of nitrogens with zero attached hydrogens (tertiary/aromatic N) is 2. The summed E-state index contributed by atoms with van der Waals surface area (Å²) in [4.78, 5) is 27.5. The molecule has 0 spiro atoms. The van der Waals surface area contributed by atoms with Crippen LogP contribution in [0, 0.1) is 0 Å². The molecular formula is C30H32N2O4. The van der Waals surface area contributed by atoms with Gasteiger partial charge >= 0.3 is 5.97 Å². The summed E-state index contributed by atoms with van der Waals surface area (Å²) in [6.45, 7) is 7.41. The Bertz CT molecular complexity index is 1310. The van der Waals surface area contributed by atoms with Crippen LogP contribution in [-0.4, -0.2) is 35.2 Å². The molecule has 6 heteroatoms. The van der Waals surface area contributed by atoms with Crippen molar-refractivity contribution in [1.29, 1.82) is 0 Å². The lowest BCUT2D eigenvalue weighted by Crippen LogP contribution is -2.27. The van der Waals surface area contributed by atoms with Gasteiger partial charge in [-0.15, -0.1) is 0 Å². The van der Waals surface area contributed by atoms with Crippen molar-refractivity contribution < 1.29 is 14.3 Å². The van der Waals surface area contributed by atoms with E-state index in [0.717, 1.165) is 25.2 Å². The highest BCUT2D eigenvalue weighted by Gasteiger charge is 2.17. The predicted octanol–water partition coefficient (Wildman–Crippen LogP) is 5.28. The second-order valence-electron chi connectivity index (χ2n) is 8.59. The largest absolute Gasteiger partial charge is 0.492 e. The average molecular weight is 485 g/mol. The molecule has 0 fully saturated rings. The van der Waals surface area contributed by atoms with Crippen LogP contribution in [0.2, 0.25) is 0 Å². The normalized spacial score (nSPS) is 11.1. The van der Waals surface area contributed by atoms with E-state index < -0.39 is 5.97 Å². The first-order chi connectivity index (χ1) is 17.6. The Morgan fingerprint density at radius 3 is 2.11 bits per heavy atom. The van der Waals surface area contributed by atoms with Crippen molar-refractivity contribution in [3.05, 3.63) is 112 Å². The highest BCUT2D eigenvalue weighted by atomic mass is 16.5. The maximum atomic E-state index is 12.9. The topological polar surface area (TPSA) is 60.8 Å². The van der Waals surface area contributed by atoms with Gasteiger partial charge in [-0.3, -0.25) is 9.69 Å². The molecule has 0 saturated heterocycles. The Labute approximate surface area is 211 Å². The Kier molecular flexibility index (Phi) is 8.53. The number of rotatable bonds is 11. The van der Waals surface area contributed by atoms with E-state index in [-0.39, 0.29) is 17.6 Å². The number of ether oxygens (including phenoxy) is 2. The Morgan fingerprint density at radius 2 is 1.53 bits per heavy atom. The summed E-state index contributed by atoms with van der Waals surface area (Å²) < 4.78 is 13.1. The van der Waals surface area contributed by atoms with Crippen LogP contribution in [0.1, 0.15) is 35.3 Å². The van der Waals surface area contributed by atoms with Crippen LogP contribution < -0.4 is 10.2 Å². The molecule has 186 valence electrons. The molecule has 0 aliphatic rings. The first-order valence-corrected chi connectivity index (χ1v) is 12.4. The van der Waals surface area contributed by atoms with Gasteiger partial charge in [0, 0.05) is 43.8 Å². The van der Waals surface area contributed by atoms with Crippen molar-refractivity contribution in [2.45, 2.75) is 33.5 Å². The second kappa shape index (κ2) is 12.2. The molecule has 0 atom stereocenters. The van der Waals surface area contributed by atoms with Crippen LogP contribution in [0.5, 0.6) is 5.75 Å². The highest BCUT2D eigenvalue weighted by molar-refractivity contribution is 5.94. The van der Waals surface area contributed by atoms with Gasteiger partial charge in [-0.05, 0) is 37.1 Å². The van der Waals surface area contributed by atoms with Gasteiger partial charge in [0.15, 0.2) is 0 Å². The number of aromatic nitrogens is 1. The molecule has 3 aromatic carbocycles. The third-order valence-corrected chi connectivity index (χ3v) is 6.06. The number of carbonyl (C=O) groups excluding carboxylic acids is 1. The SMILES string of the molecule is CCOC(=O)c1cn(CC)c2cc(OCCN(Cc3ccccc3)Cc3ccccc3)ccc2c1=O. The summed E-state index contributed by atoms with van der Waals surface area (Å²) in [5, 5.41) is 0.476. The summed E-state index contributed by atoms with van der Waals surface area (Å²) >= 11 is 0. The van der Waals surface area contributed by atoms with Gasteiger partial charge < -0.3 is 14.0 Å². The molecule has 0 N–H and O–H groups in total. The molecule has 0 radical (unpaired) electrons. The maximum Gasteiger partial charge on any atom is 0.343 e. The molecule has 0 saturated carbocycles. The minimum Gasteiger partial charge on any atom is -0.492 e. The van der Waals surface area contributed by atoms with E-state index in [1.807, 2.05) is 29.7 Å². The van der Waals surface area contributed by atoms with Gasteiger partial charge in [-0.2, -0.15) is 0 Å². The van der Waals surface area contributed by atoms with E-state index in [2.05, 4.69) is 53.4 Å². The molecule has 4 aromatic rings. The molecule has 0 amide bonds. The number of hydrogen-bond donors (Lipinski definition) is 0. The minimum atomic E-state index is -0.594. The average Bonchev–Trinajstić information content (AvgIpc) is 2.90. The zero-order valence-corrected chi connectivity index (χ0v) is 20.9. The monoisotopic (exact) mass is 484 g/mol. The van der Waals surface area contributed by atoms with Crippen molar-refractivity contribution >= 4 is 16.9 Å². The molecular weight excluding hydrogens is 452 g/mol.